The van der Waals surface area contributed by atoms with Crippen molar-refractivity contribution < 1.29 is 9.59 Å². The van der Waals surface area contributed by atoms with Crippen molar-refractivity contribution in [2.45, 2.75) is 24.2 Å². The van der Waals surface area contributed by atoms with Gasteiger partial charge >= 0.3 is 0 Å². The molecule has 28 heavy (non-hydrogen) atoms. The summed E-state index contributed by atoms with van der Waals surface area (Å²) in [6.07, 6.45) is 1.54. The molecular weight excluding hydrogens is 410 g/mol. The number of thiophene rings is 1. The maximum atomic E-state index is 12.9. The Kier molecular flexibility index (Phi) is 6.09. The Morgan fingerprint density at radius 2 is 2.00 bits per heavy atom. The van der Waals surface area contributed by atoms with Gasteiger partial charge in [-0.2, -0.15) is 0 Å². The molecule has 0 unspecified atom stereocenters. The van der Waals surface area contributed by atoms with Crippen LogP contribution in [0.5, 0.6) is 0 Å². The standard InChI is InChI=1S/C20H19N3O2S3/c24-18(12-15-5-3-9-26-15)22-20-21-14(13-28-20)11-19(25)23-8-4-10-27-17-7-2-1-6-16(17)23/h1-3,5-7,9,13H,4,8,10-12H2,(H,21,22,24). The number of hydrogen-bond acceptors (Lipinski definition) is 6. The van der Waals surface area contributed by atoms with Crippen molar-refractivity contribution in [2.24, 2.45) is 0 Å². The van der Waals surface area contributed by atoms with E-state index in [1.54, 1.807) is 23.1 Å². The fourth-order valence-electron chi connectivity index (χ4n) is 3.02. The molecule has 0 bridgehead atoms. The van der Waals surface area contributed by atoms with Gasteiger partial charge in [0.2, 0.25) is 11.8 Å². The molecule has 3 aromatic rings. The number of carbonyl (C=O) groups is 2. The number of fused-ring (bicyclic) bond motifs is 1. The number of aromatic nitrogens is 1. The highest BCUT2D eigenvalue weighted by Gasteiger charge is 2.22. The zero-order valence-corrected chi connectivity index (χ0v) is 17.5. The van der Waals surface area contributed by atoms with Gasteiger partial charge in [-0.1, -0.05) is 18.2 Å². The third-order valence-corrected chi connectivity index (χ3v) is 7.12. The number of anilines is 2. The van der Waals surface area contributed by atoms with E-state index in [9.17, 15) is 9.59 Å². The molecule has 144 valence electrons. The SMILES string of the molecule is O=C(Cc1cccs1)Nc1nc(CC(=O)N2CCCSc3ccccc32)cs1. The van der Waals surface area contributed by atoms with Crippen LogP contribution >= 0.6 is 34.4 Å². The molecule has 5 nitrogen and oxygen atoms in total. The van der Waals surface area contributed by atoms with Crippen LogP contribution in [0.3, 0.4) is 0 Å². The van der Waals surface area contributed by atoms with Gasteiger partial charge in [-0.3, -0.25) is 9.59 Å². The van der Waals surface area contributed by atoms with E-state index >= 15 is 0 Å². The Balaban J connectivity index is 1.40. The first-order valence-corrected chi connectivity index (χ1v) is 11.7. The molecule has 1 N–H and O–H groups in total. The third kappa shape index (κ3) is 4.63. The van der Waals surface area contributed by atoms with Gasteiger partial charge < -0.3 is 10.2 Å². The fourth-order valence-corrected chi connectivity index (χ4v) is 5.44. The summed E-state index contributed by atoms with van der Waals surface area (Å²) in [5.41, 5.74) is 1.67. The van der Waals surface area contributed by atoms with Crippen LogP contribution < -0.4 is 10.2 Å². The van der Waals surface area contributed by atoms with E-state index in [2.05, 4.69) is 16.4 Å². The molecule has 1 aliphatic heterocycles. The maximum absolute atomic E-state index is 12.9. The number of carbonyl (C=O) groups excluding carboxylic acids is 2. The smallest absolute Gasteiger partial charge is 0.233 e. The minimum absolute atomic E-state index is 0.0386. The molecule has 0 fully saturated rings. The van der Waals surface area contributed by atoms with Gasteiger partial charge in [0.1, 0.15) is 0 Å². The molecule has 0 spiro atoms. The summed E-state index contributed by atoms with van der Waals surface area (Å²) in [6.45, 7) is 0.720. The average molecular weight is 430 g/mol. The van der Waals surface area contributed by atoms with E-state index < -0.39 is 0 Å². The molecule has 0 saturated carbocycles. The topological polar surface area (TPSA) is 62.3 Å². The molecule has 2 aromatic heterocycles. The molecule has 3 heterocycles. The van der Waals surface area contributed by atoms with E-state index in [1.165, 1.54) is 11.3 Å². The molecule has 0 radical (unpaired) electrons. The summed E-state index contributed by atoms with van der Waals surface area (Å²) in [4.78, 5) is 33.5. The van der Waals surface area contributed by atoms with Crippen LogP contribution in [0.4, 0.5) is 10.8 Å². The van der Waals surface area contributed by atoms with Crippen molar-refractivity contribution in [3.63, 3.8) is 0 Å². The summed E-state index contributed by atoms with van der Waals surface area (Å²) < 4.78 is 0. The number of rotatable bonds is 5. The molecule has 0 aliphatic carbocycles. The van der Waals surface area contributed by atoms with Crippen molar-refractivity contribution in [3.05, 3.63) is 57.7 Å². The number of thioether (sulfide) groups is 1. The summed E-state index contributed by atoms with van der Waals surface area (Å²) in [7, 11) is 0. The quantitative estimate of drug-likeness (QED) is 0.651. The van der Waals surface area contributed by atoms with Crippen LogP contribution in [0.1, 0.15) is 17.0 Å². The lowest BCUT2D eigenvalue weighted by Gasteiger charge is -2.22. The van der Waals surface area contributed by atoms with Gasteiger partial charge in [0.25, 0.3) is 0 Å². The van der Waals surface area contributed by atoms with Crippen molar-refractivity contribution >= 4 is 57.1 Å². The fraction of sp³-hybridized carbons (Fsp3) is 0.250. The van der Waals surface area contributed by atoms with Crippen LogP contribution in [0.25, 0.3) is 0 Å². The number of benzene rings is 1. The molecular formula is C20H19N3O2S3. The minimum Gasteiger partial charge on any atom is -0.311 e. The summed E-state index contributed by atoms with van der Waals surface area (Å²) in [5.74, 6) is 0.961. The Bertz CT molecular complexity index is 969. The lowest BCUT2D eigenvalue weighted by molar-refractivity contribution is -0.118. The first-order valence-electron chi connectivity index (χ1n) is 8.98. The normalized spacial score (nSPS) is 13.6. The Labute approximate surface area is 175 Å². The summed E-state index contributed by atoms with van der Waals surface area (Å²) in [5, 5.41) is 7.16. The monoisotopic (exact) mass is 429 g/mol. The number of nitrogens with zero attached hydrogens (tertiary/aromatic N) is 2. The van der Waals surface area contributed by atoms with Crippen LogP contribution in [0, 0.1) is 0 Å². The number of amides is 2. The van der Waals surface area contributed by atoms with Gasteiger partial charge in [0.15, 0.2) is 5.13 Å². The maximum Gasteiger partial charge on any atom is 0.233 e. The van der Waals surface area contributed by atoms with Crippen molar-refractivity contribution in [3.8, 4) is 0 Å². The van der Waals surface area contributed by atoms with Crippen LogP contribution in [0.2, 0.25) is 0 Å². The highest BCUT2D eigenvalue weighted by Crippen LogP contribution is 2.34. The summed E-state index contributed by atoms with van der Waals surface area (Å²) in [6, 6.07) is 11.9. The van der Waals surface area contributed by atoms with E-state index in [0.717, 1.165) is 34.2 Å². The highest BCUT2D eigenvalue weighted by molar-refractivity contribution is 7.99. The zero-order chi connectivity index (χ0) is 19.3. The number of nitrogens with one attached hydrogen (secondary N) is 1. The molecule has 8 heteroatoms. The highest BCUT2D eigenvalue weighted by atomic mass is 32.2. The first kappa shape index (κ1) is 19.2. The second-order valence-electron chi connectivity index (χ2n) is 6.34. The Morgan fingerprint density at radius 3 is 2.86 bits per heavy atom. The number of thiazole rings is 1. The van der Waals surface area contributed by atoms with Crippen LogP contribution in [-0.2, 0) is 22.4 Å². The van der Waals surface area contributed by atoms with Gasteiger partial charge in [-0.15, -0.1) is 34.4 Å². The Morgan fingerprint density at radius 1 is 1.11 bits per heavy atom. The number of hydrogen-bond donors (Lipinski definition) is 1. The molecule has 1 aromatic carbocycles. The average Bonchev–Trinajstić information content (AvgIpc) is 3.29. The predicted octanol–water partition coefficient (Wildman–Crippen LogP) is 4.46. The van der Waals surface area contributed by atoms with Gasteiger partial charge in [-0.05, 0) is 35.8 Å². The predicted molar refractivity (Wildman–Crippen MR) is 117 cm³/mol. The second kappa shape index (κ2) is 8.89. The molecule has 0 saturated heterocycles. The van der Waals surface area contributed by atoms with E-state index in [0.29, 0.717) is 17.2 Å². The minimum atomic E-state index is -0.0897. The zero-order valence-electron chi connectivity index (χ0n) is 15.1. The van der Waals surface area contributed by atoms with E-state index in [4.69, 9.17) is 0 Å². The molecule has 1 aliphatic rings. The third-order valence-electron chi connectivity index (χ3n) is 4.29. The van der Waals surface area contributed by atoms with Gasteiger partial charge in [0.05, 0.1) is 24.2 Å². The Hall–Kier alpha value is -2.16. The molecule has 0 atom stereocenters. The van der Waals surface area contributed by atoms with Crippen molar-refractivity contribution in [1.82, 2.24) is 4.98 Å². The van der Waals surface area contributed by atoms with Crippen molar-refractivity contribution in [1.29, 1.82) is 0 Å². The second-order valence-corrected chi connectivity index (χ2v) is 9.37. The molecule has 4 rings (SSSR count). The van der Waals surface area contributed by atoms with Crippen LogP contribution in [-0.4, -0.2) is 29.1 Å². The lowest BCUT2D eigenvalue weighted by Crippen LogP contribution is -2.33. The van der Waals surface area contributed by atoms with Crippen LogP contribution in [0.15, 0.2) is 52.1 Å². The van der Waals surface area contributed by atoms with E-state index in [1.807, 2.05) is 46.0 Å². The summed E-state index contributed by atoms with van der Waals surface area (Å²) >= 11 is 4.71. The van der Waals surface area contributed by atoms with Gasteiger partial charge in [0, 0.05) is 21.7 Å². The van der Waals surface area contributed by atoms with Crippen molar-refractivity contribution in [2.75, 3.05) is 22.5 Å². The lowest BCUT2D eigenvalue weighted by atomic mass is 10.2. The molecule has 2 amide bonds. The van der Waals surface area contributed by atoms with E-state index in [-0.39, 0.29) is 18.2 Å². The van der Waals surface area contributed by atoms with Gasteiger partial charge in [-0.25, -0.2) is 4.98 Å². The largest absolute Gasteiger partial charge is 0.311 e. The number of para-hydroxylation sites is 1. The first-order chi connectivity index (χ1) is 13.7.